The second kappa shape index (κ2) is 49.3. The Hall–Kier alpha value is -1.40. The van der Waals surface area contributed by atoms with Crippen molar-refractivity contribution in [3.05, 3.63) is 12.2 Å². The number of aliphatic hydroxyl groups excluding tert-OH is 2. The van der Waals surface area contributed by atoms with Gasteiger partial charge < -0.3 is 20.3 Å². The van der Waals surface area contributed by atoms with Gasteiger partial charge in [0.25, 0.3) is 0 Å². The van der Waals surface area contributed by atoms with Gasteiger partial charge in [0.1, 0.15) is 0 Å². The lowest BCUT2D eigenvalue weighted by molar-refractivity contribution is -0.143. The molecule has 3 N–H and O–H groups in total. The van der Waals surface area contributed by atoms with Gasteiger partial charge in [0.15, 0.2) is 0 Å². The van der Waals surface area contributed by atoms with Crippen LogP contribution in [0.25, 0.3) is 0 Å². The van der Waals surface area contributed by atoms with Crippen molar-refractivity contribution in [1.82, 2.24) is 5.32 Å². The number of unbranched alkanes of at least 4 members (excludes halogenated alkanes) is 38. The minimum atomic E-state index is -0.855. The molecule has 0 aliphatic carbocycles. The molecule has 59 heavy (non-hydrogen) atoms. The number of carbonyl (C=O) groups excluding carboxylic acids is 2. The Morgan fingerprint density at radius 3 is 1.15 bits per heavy atom. The average molecular weight is 834 g/mol. The molecule has 350 valence electrons. The first-order valence-corrected chi connectivity index (χ1v) is 26.5. The molecule has 0 aliphatic rings. The number of hydrogen-bond donors (Lipinski definition) is 3. The molecule has 0 heterocycles. The topological polar surface area (TPSA) is 95.9 Å². The predicted molar refractivity (Wildman–Crippen MR) is 255 cm³/mol. The van der Waals surface area contributed by atoms with E-state index in [1.54, 1.807) is 6.08 Å². The highest BCUT2D eigenvalue weighted by Gasteiger charge is 2.18. The molecule has 0 aromatic carbocycles. The van der Waals surface area contributed by atoms with Crippen molar-refractivity contribution in [2.45, 2.75) is 302 Å². The van der Waals surface area contributed by atoms with Gasteiger partial charge in [-0.3, -0.25) is 9.59 Å². The number of esters is 1. The Balaban J connectivity index is 3.50. The molecule has 1 amide bonds. The molecule has 0 aromatic rings. The lowest BCUT2D eigenvalue weighted by Crippen LogP contribution is -2.45. The summed E-state index contributed by atoms with van der Waals surface area (Å²) < 4.78 is 5.45. The molecule has 0 fully saturated rings. The normalized spacial score (nSPS) is 12.7. The van der Waals surface area contributed by atoms with Gasteiger partial charge in [-0.1, -0.05) is 257 Å². The maximum Gasteiger partial charge on any atom is 0.305 e. The molecule has 0 aliphatic heterocycles. The summed E-state index contributed by atoms with van der Waals surface area (Å²) in [5, 5.41) is 23.1. The van der Waals surface area contributed by atoms with Crippen molar-refractivity contribution < 1.29 is 24.5 Å². The number of hydrogen-bond acceptors (Lipinski definition) is 5. The van der Waals surface area contributed by atoms with Crippen LogP contribution in [0.3, 0.4) is 0 Å². The fraction of sp³-hybridized carbons (Fsp3) is 0.925. The summed E-state index contributed by atoms with van der Waals surface area (Å²) in [4.78, 5) is 24.5. The number of rotatable bonds is 49. The molecule has 0 saturated carbocycles. The van der Waals surface area contributed by atoms with E-state index >= 15 is 0 Å². The highest BCUT2D eigenvalue weighted by molar-refractivity contribution is 5.76. The lowest BCUT2D eigenvalue weighted by Gasteiger charge is -2.20. The first kappa shape index (κ1) is 57.6. The number of allylic oxidation sites excluding steroid dienone is 1. The highest BCUT2D eigenvalue weighted by atomic mass is 16.5. The number of ether oxygens (including phenoxy) is 1. The van der Waals surface area contributed by atoms with E-state index in [1.807, 2.05) is 6.08 Å². The average Bonchev–Trinajstić information content (AvgIpc) is 3.24. The summed E-state index contributed by atoms with van der Waals surface area (Å²) in [7, 11) is 0. The first-order valence-electron chi connectivity index (χ1n) is 26.5. The van der Waals surface area contributed by atoms with Gasteiger partial charge in [-0.15, -0.1) is 0 Å². The van der Waals surface area contributed by atoms with E-state index in [1.165, 1.54) is 205 Å². The number of amides is 1. The third-order valence-electron chi connectivity index (χ3n) is 12.3. The van der Waals surface area contributed by atoms with E-state index in [9.17, 15) is 19.8 Å². The summed E-state index contributed by atoms with van der Waals surface area (Å²) in [5.74, 6) is -0.0978. The Morgan fingerprint density at radius 1 is 0.458 bits per heavy atom. The Morgan fingerprint density at radius 2 is 0.780 bits per heavy atom. The predicted octanol–water partition coefficient (Wildman–Crippen LogP) is 15.7. The summed E-state index contributed by atoms with van der Waals surface area (Å²) in [6.45, 7) is 4.87. The van der Waals surface area contributed by atoms with Crippen LogP contribution in [0, 0.1) is 0 Å². The van der Waals surface area contributed by atoms with E-state index in [4.69, 9.17) is 4.74 Å². The van der Waals surface area contributed by atoms with Crippen molar-refractivity contribution in [1.29, 1.82) is 0 Å². The second-order valence-corrected chi connectivity index (χ2v) is 18.2. The third kappa shape index (κ3) is 45.9. The largest absolute Gasteiger partial charge is 0.466 e. The maximum absolute atomic E-state index is 12.4. The molecule has 2 atom stereocenters. The van der Waals surface area contributed by atoms with Gasteiger partial charge >= 0.3 is 5.97 Å². The lowest BCUT2D eigenvalue weighted by atomic mass is 10.0. The van der Waals surface area contributed by atoms with Crippen LogP contribution in [0.2, 0.25) is 0 Å². The van der Waals surface area contributed by atoms with Crippen LogP contribution in [0.15, 0.2) is 12.2 Å². The Kier molecular flexibility index (Phi) is 48.1. The van der Waals surface area contributed by atoms with Gasteiger partial charge in [0.2, 0.25) is 5.91 Å². The first-order chi connectivity index (χ1) is 29.0. The van der Waals surface area contributed by atoms with Crippen molar-refractivity contribution in [2.75, 3.05) is 13.2 Å². The van der Waals surface area contributed by atoms with Crippen molar-refractivity contribution >= 4 is 11.9 Å². The highest BCUT2D eigenvalue weighted by Crippen LogP contribution is 2.16. The van der Waals surface area contributed by atoms with Gasteiger partial charge in [-0.25, -0.2) is 0 Å². The minimum absolute atomic E-state index is 0.0135. The maximum atomic E-state index is 12.4. The summed E-state index contributed by atoms with van der Waals surface area (Å²) in [5.41, 5.74) is 0. The smallest absolute Gasteiger partial charge is 0.305 e. The van der Waals surface area contributed by atoms with Crippen molar-refractivity contribution in [3.63, 3.8) is 0 Å². The van der Waals surface area contributed by atoms with Gasteiger partial charge in [-0.05, 0) is 32.1 Å². The van der Waals surface area contributed by atoms with Crippen molar-refractivity contribution in [3.8, 4) is 0 Å². The van der Waals surface area contributed by atoms with E-state index in [0.717, 1.165) is 57.8 Å². The fourth-order valence-corrected chi connectivity index (χ4v) is 8.22. The van der Waals surface area contributed by atoms with Crippen LogP contribution >= 0.6 is 0 Å². The van der Waals surface area contributed by atoms with Crippen LogP contribution in [-0.4, -0.2) is 47.4 Å². The van der Waals surface area contributed by atoms with E-state index < -0.39 is 12.1 Å². The quantitative estimate of drug-likeness (QED) is 0.0322. The van der Waals surface area contributed by atoms with Gasteiger partial charge in [0.05, 0.1) is 25.4 Å². The number of aliphatic hydroxyl groups is 2. The van der Waals surface area contributed by atoms with E-state index in [2.05, 4.69) is 19.2 Å². The van der Waals surface area contributed by atoms with E-state index in [0.29, 0.717) is 19.4 Å². The summed E-state index contributed by atoms with van der Waals surface area (Å²) >= 11 is 0. The molecule has 0 radical (unpaired) electrons. The van der Waals surface area contributed by atoms with Crippen LogP contribution < -0.4 is 5.32 Å². The molecule has 6 nitrogen and oxygen atoms in total. The van der Waals surface area contributed by atoms with Crippen LogP contribution in [0.4, 0.5) is 0 Å². The monoisotopic (exact) mass is 834 g/mol. The summed E-state index contributed by atoms with van der Waals surface area (Å²) in [6.07, 6.45) is 56.4. The molecule has 2 unspecified atom stereocenters. The van der Waals surface area contributed by atoms with E-state index in [-0.39, 0.29) is 18.5 Å². The molecule has 0 rings (SSSR count). The molecular weight excluding hydrogens is 731 g/mol. The van der Waals surface area contributed by atoms with Crippen LogP contribution in [-0.2, 0) is 14.3 Å². The van der Waals surface area contributed by atoms with Gasteiger partial charge in [-0.2, -0.15) is 0 Å². The molecule has 0 bridgehead atoms. The minimum Gasteiger partial charge on any atom is -0.466 e. The molecule has 0 saturated heterocycles. The Labute approximate surface area is 368 Å². The summed E-state index contributed by atoms with van der Waals surface area (Å²) in [6, 6.07) is -0.640. The van der Waals surface area contributed by atoms with Crippen molar-refractivity contribution in [2.24, 2.45) is 0 Å². The Bertz CT molecular complexity index is 878. The number of carbonyl (C=O) groups is 2. The third-order valence-corrected chi connectivity index (χ3v) is 12.3. The van der Waals surface area contributed by atoms with Crippen LogP contribution in [0.1, 0.15) is 290 Å². The second-order valence-electron chi connectivity index (χ2n) is 18.2. The zero-order valence-electron chi connectivity index (χ0n) is 39.7. The molecule has 6 heteroatoms. The zero-order chi connectivity index (χ0) is 43.0. The molecule has 0 aromatic heterocycles. The molecular formula is C53H103NO5. The zero-order valence-corrected chi connectivity index (χ0v) is 39.7. The fourth-order valence-electron chi connectivity index (χ4n) is 8.22. The van der Waals surface area contributed by atoms with Gasteiger partial charge in [0, 0.05) is 12.8 Å². The standard InChI is InChI=1S/C53H103NO5/c1-3-5-7-9-11-13-15-17-18-19-20-21-23-25-29-33-37-41-45-51(56)50(49-55)54-52(57)46-42-38-34-30-26-24-28-32-36-40-44-48-59-53(58)47-43-39-35-31-27-22-16-14-12-10-8-6-4-2/h41,45,50-51,55-56H,3-40,42-44,46-49H2,1-2H3,(H,54,57)/b45-41+. The van der Waals surface area contributed by atoms with Crippen LogP contribution in [0.5, 0.6) is 0 Å². The number of nitrogens with one attached hydrogen (secondary N) is 1. The molecule has 0 spiro atoms. The SMILES string of the molecule is CCCCCCCCCCCCCCCCCC/C=C/C(O)C(CO)NC(=O)CCCCCCCCCCCCCOC(=O)CCCCCCCCCCCCCCC.